The van der Waals surface area contributed by atoms with Crippen LogP contribution in [-0.2, 0) is 0 Å². The summed E-state index contributed by atoms with van der Waals surface area (Å²) in [6.45, 7) is 0. The van der Waals surface area contributed by atoms with Gasteiger partial charge in [0, 0.05) is 12.0 Å². The molecule has 6 nitrogen and oxygen atoms in total. The third-order valence-corrected chi connectivity index (χ3v) is 2.78. The van der Waals surface area contributed by atoms with Crippen LogP contribution in [0, 0.1) is 0 Å². The Bertz CT molecular complexity index is 572. The first-order valence-electron chi connectivity index (χ1n) is 5.72. The van der Waals surface area contributed by atoms with Crippen LogP contribution in [0.2, 0.25) is 0 Å². The van der Waals surface area contributed by atoms with Crippen molar-refractivity contribution in [3.63, 3.8) is 0 Å². The molecule has 2 aromatic rings. The van der Waals surface area contributed by atoms with E-state index in [1.165, 1.54) is 6.20 Å². The van der Waals surface area contributed by atoms with Gasteiger partial charge in [-0.15, -0.1) is 0 Å². The number of rotatable bonds is 3. The van der Waals surface area contributed by atoms with E-state index >= 15 is 0 Å². The van der Waals surface area contributed by atoms with Crippen LogP contribution >= 0.6 is 0 Å². The van der Waals surface area contributed by atoms with Crippen LogP contribution in [-0.4, -0.2) is 16.0 Å². The Balaban J connectivity index is 1.71. The van der Waals surface area contributed by atoms with Gasteiger partial charge in [-0.1, -0.05) is 5.16 Å². The second-order valence-electron chi connectivity index (χ2n) is 4.31. The summed E-state index contributed by atoms with van der Waals surface area (Å²) >= 11 is 0. The second-order valence-corrected chi connectivity index (χ2v) is 4.31. The number of nitrogens with one attached hydrogen (secondary N) is 1. The summed E-state index contributed by atoms with van der Waals surface area (Å²) in [5.41, 5.74) is 6.32. The minimum Gasteiger partial charge on any atom is -0.384 e. The Morgan fingerprint density at radius 3 is 2.94 bits per heavy atom. The zero-order chi connectivity index (χ0) is 12.5. The maximum atomic E-state index is 11.9. The molecular weight excluding hydrogens is 232 g/mol. The van der Waals surface area contributed by atoms with E-state index in [1.54, 1.807) is 18.2 Å². The number of pyridine rings is 1. The Morgan fingerprint density at radius 1 is 1.44 bits per heavy atom. The predicted molar refractivity (Wildman–Crippen MR) is 65.1 cm³/mol. The lowest BCUT2D eigenvalue weighted by Crippen LogP contribution is -2.12. The van der Waals surface area contributed by atoms with E-state index < -0.39 is 0 Å². The van der Waals surface area contributed by atoms with E-state index in [2.05, 4.69) is 15.5 Å². The normalized spacial score (nSPS) is 14.4. The molecule has 2 heterocycles. The van der Waals surface area contributed by atoms with E-state index in [9.17, 15) is 4.79 Å². The summed E-state index contributed by atoms with van der Waals surface area (Å²) in [7, 11) is 0. The summed E-state index contributed by atoms with van der Waals surface area (Å²) in [6, 6.07) is 4.99. The molecule has 2 aromatic heterocycles. The number of amides is 1. The molecule has 0 unspecified atom stereocenters. The van der Waals surface area contributed by atoms with Gasteiger partial charge in [0.15, 0.2) is 5.69 Å². The SMILES string of the molecule is Nc1ccc(NC(=O)c2cc(C3CC3)on2)cn1. The van der Waals surface area contributed by atoms with Crippen LogP contribution in [0.25, 0.3) is 0 Å². The van der Waals surface area contributed by atoms with Gasteiger partial charge in [-0.05, 0) is 25.0 Å². The van der Waals surface area contributed by atoms with Crippen molar-refractivity contribution >= 4 is 17.4 Å². The van der Waals surface area contributed by atoms with Crippen molar-refractivity contribution in [3.05, 3.63) is 35.9 Å². The molecule has 6 heteroatoms. The van der Waals surface area contributed by atoms with Gasteiger partial charge >= 0.3 is 0 Å². The van der Waals surface area contributed by atoms with Gasteiger partial charge < -0.3 is 15.6 Å². The van der Waals surface area contributed by atoms with Gasteiger partial charge in [0.2, 0.25) is 0 Å². The molecule has 0 spiro atoms. The number of anilines is 2. The molecule has 0 aromatic carbocycles. The minimum absolute atomic E-state index is 0.286. The van der Waals surface area contributed by atoms with Crippen LogP contribution in [0.4, 0.5) is 11.5 Å². The highest BCUT2D eigenvalue weighted by Crippen LogP contribution is 2.40. The van der Waals surface area contributed by atoms with Crippen molar-refractivity contribution in [2.75, 3.05) is 11.1 Å². The monoisotopic (exact) mass is 244 g/mol. The van der Waals surface area contributed by atoms with Crippen molar-refractivity contribution in [3.8, 4) is 0 Å². The molecule has 0 bridgehead atoms. The van der Waals surface area contributed by atoms with E-state index in [-0.39, 0.29) is 11.6 Å². The van der Waals surface area contributed by atoms with Crippen LogP contribution in [0.3, 0.4) is 0 Å². The number of nitrogen functional groups attached to an aromatic ring is 1. The van der Waals surface area contributed by atoms with Crippen LogP contribution in [0.15, 0.2) is 28.9 Å². The van der Waals surface area contributed by atoms with Gasteiger partial charge in [0.1, 0.15) is 11.6 Å². The maximum absolute atomic E-state index is 11.9. The van der Waals surface area contributed by atoms with E-state index in [0.717, 1.165) is 18.6 Å². The number of carbonyl (C=O) groups excluding carboxylic acids is 1. The Morgan fingerprint density at radius 2 is 2.28 bits per heavy atom. The van der Waals surface area contributed by atoms with Crippen molar-refractivity contribution in [1.82, 2.24) is 10.1 Å². The molecule has 1 saturated carbocycles. The summed E-state index contributed by atoms with van der Waals surface area (Å²) in [5, 5.41) is 6.44. The Labute approximate surface area is 103 Å². The molecule has 0 saturated heterocycles. The third-order valence-electron chi connectivity index (χ3n) is 2.78. The van der Waals surface area contributed by atoms with Crippen LogP contribution in [0.5, 0.6) is 0 Å². The molecule has 3 N–H and O–H groups in total. The molecule has 1 aliphatic rings. The zero-order valence-corrected chi connectivity index (χ0v) is 9.59. The fourth-order valence-corrected chi connectivity index (χ4v) is 1.63. The first kappa shape index (κ1) is 10.8. The smallest absolute Gasteiger partial charge is 0.277 e. The number of nitrogens with zero attached hydrogens (tertiary/aromatic N) is 2. The number of aromatic nitrogens is 2. The molecule has 92 valence electrons. The quantitative estimate of drug-likeness (QED) is 0.858. The molecule has 1 aliphatic carbocycles. The van der Waals surface area contributed by atoms with Crippen molar-refractivity contribution in [2.24, 2.45) is 0 Å². The lowest BCUT2D eigenvalue weighted by atomic mass is 10.2. The average molecular weight is 244 g/mol. The zero-order valence-electron chi connectivity index (χ0n) is 9.59. The third kappa shape index (κ3) is 2.17. The first-order chi connectivity index (χ1) is 8.72. The molecule has 0 atom stereocenters. The van der Waals surface area contributed by atoms with Crippen LogP contribution in [0.1, 0.15) is 35.0 Å². The lowest BCUT2D eigenvalue weighted by Gasteiger charge is -2.01. The summed E-state index contributed by atoms with van der Waals surface area (Å²) in [4.78, 5) is 15.8. The molecule has 0 aliphatic heterocycles. The molecule has 3 rings (SSSR count). The van der Waals surface area contributed by atoms with Crippen molar-refractivity contribution in [1.29, 1.82) is 0 Å². The number of nitrogens with two attached hydrogens (primary N) is 1. The fraction of sp³-hybridized carbons (Fsp3) is 0.250. The summed E-state index contributed by atoms with van der Waals surface area (Å²) in [6.07, 6.45) is 3.71. The number of hydrogen-bond acceptors (Lipinski definition) is 5. The molecule has 18 heavy (non-hydrogen) atoms. The minimum atomic E-state index is -0.308. The standard InChI is InChI=1S/C12H12N4O2/c13-11-4-3-8(6-14-11)15-12(17)9-5-10(18-16-9)7-1-2-7/h3-7H,1-2H2,(H2,13,14)(H,15,17). The molecule has 1 amide bonds. The highest BCUT2D eigenvalue weighted by atomic mass is 16.5. The van der Waals surface area contributed by atoms with Crippen molar-refractivity contribution in [2.45, 2.75) is 18.8 Å². The van der Waals surface area contributed by atoms with Crippen LogP contribution < -0.4 is 11.1 Å². The van der Waals surface area contributed by atoms with Gasteiger partial charge in [-0.2, -0.15) is 0 Å². The molecular formula is C12H12N4O2. The first-order valence-corrected chi connectivity index (χ1v) is 5.72. The van der Waals surface area contributed by atoms with Gasteiger partial charge in [0.05, 0.1) is 11.9 Å². The second kappa shape index (κ2) is 4.14. The predicted octanol–water partition coefficient (Wildman–Crippen LogP) is 1.78. The Hall–Kier alpha value is -2.37. The highest BCUT2D eigenvalue weighted by molar-refractivity contribution is 6.02. The van der Waals surface area contributed by atoms with Gasteiger partial charge in [0.25, 0.3) is 5.91 Å². The molecule has 1 fully saturated rings. The summed E-state index contributed by atoms with van der Waals surface area (Å²) in [5.74, 6) is 1.33. The average Bonchev–Trinajstić information content (AvgIpc) is 3.10. The topological polar surface area (TPSA) is 94.0 Å². The Kier molecular flexibility index (Phi) is 2.47. The maximum Gasteiger partial charge on any atom is 0.277 e. The summed E-state index contributed by atoms with van der Waals surface area (Å²) < 4.78 is 5.12. The van der Waals surface area contributed by atoms with Gasteiger partial charge in [-0.25, -0.2) is 4.98 Å². The fourth-order valence-electron chi connectivity index (χ4n) is 1.63. The lowest BCUT2D eigenvalue weighted by molar-refractivity contribution is 0.101. The van der Waals surface area contributed by atoms with E-state index in [1.807, 2.05) is 0 Å². The largest absolute Gasteiger partial charge is 0.384 e. The highest BCUT2D eigenvalue weighted by Gasteiger charge is 2.28. The number of hydrogen-bond donors (Lipinski definition) is 2. The van der Waals surface area contributed by atoms with E-state index in [0.29, 0.717) is 17.4 Å². The van der Waals surface area contributed by atoms with Crippen molar-refractivity contribution < 1.29 is 9.32 Å². The number of carbonyl (C=O) groups is 1. The molecule has 0 radical (unpaired) electrons. The van der Waals surface area contributed by atoms with E-state index in [4.69, 9.17) is 10.3 Å². The van der Waals surface area contributed by atoms with Gasteiger partial charge in [-0.3, -0.25) is 4.79 Å².